The van der Waals surface area contributed by atoms with Crippen LogP contribution in [-0.4, -0.2) is 0 Å². The number of hydrogen-bond donors (Lipinski definition) is 0. The van der Waals surface area contributed by atoms with Gasteiger partial charge in [-0.15, -0.1) is 0 Å². The van der Waals surface area contributed by atoms with Crippen molar-refractivity contribution in [3.63, 3.8) is 0 Å². The fourth-order valence-corrected chi connectivity index (χ4v) is 4.52. The number of rotatable bonds is 1. The Hall–Kier alpha value is 0. The summed E-state index contributed by atoms with van der Waals surface area (Å²) in [7, 11) is 0. The van der Waals surface area contributed by atoms with E-state index in [4.69, 9.17) is 0 Å². The highest BCUT2D eigenvalue weighted by Gasteiger charge is 2.45. The SMILES string of the molecule is CC1CCC(C2(C)C(C)CCCC2C)CC1. The van der Waals surface area contributed by atoms with Crippen molar-refractivity contribution in [2.45, 2.75) is 72.6 Å². The smallest absolute Gasteiger partial charge is 0.0246 e. The minimum atomic E-state index is 0.651. The predicted octanol–water partition coefficient (Wildman–Crippen LogP) is 5.28. The molecule has 2 aliphatic carbocycles. The Bertz CT molecular complexity index is 212. The van der Waals surface area contributed by atoms with E-state index in [0.29, 0.717) is 5.41 Å². The monoisotopic (exact) mass is 222 g/mol. The normalized spacial score (nSPS) is 50.2. The summed E-state index contributed by atoms with van der Waals surface area (Å²) in [6.07, 6.45) is 10.4. The Morgan fingerprint density at radius 1 is 0.750 bits per heavy atom. The van der Waals surface area contributed by atoms with E-state index in [1.54, 1.807) is 0 Å². The molecule has 2 unspecified atom stereocenters. The first-order valence-corrected chi connectivity index (χ1v) is 7.55. The largest absolute Gasteiger partial charge is 0.0625 e. The lowest BCUT2D eigenvalue weighted by molar-refractivity contribution is -0.0230. The van der Waals surface area contributed by atoms with Crippen molar-refractivity contribution in [3.8, 4) is 0 Å². The summed E-state index contributed by atoms with van der Waals surface area (Å²) >= 11 is 0. The van der Waals surface area contributed by atoms with Gasteiger partial charge in [-0.05, 0) is 41.9 Å². The van der Waals surface area contributed by atoms with Crippen LogP contribution in [0.2, 0.25) is 0 Å². The van der Waals surface area contributed by atoms with Crippen LogP contribution in [0.25, 0.3) is 0 Å². The van der Waals surface area contributed by atoms with Crippen LogP contribution in [0, 0.1) is 29.1 Å². The fourth-order valence-electron chi connectivity index (χ4n) is 4.52. The van der Waals surface area contributed by atoms with Crippen LogP contribution < -0.4 is 0 Å². The van der Waals surface area contributed by atoms with Crippen molar-refractivity contribution >= 4 is 0 Å². The average molecular weight is 222 g/mol. The van der Waals surface area contributed by atoms with Gasteiger partial charge in [-0.25, -0.2) is 0 Å². The second kappa shape index (κ2) is 4.70. The van der Waals surface area contributed by atoms with Crippen molar-refractivity contribution < 1.29 is 0 Å². The molecule has 94 valence electrons. The molecule has 0 spiro atoms. The lowest BCUT2D eigenvalue weighted by Crippen LogP contribution is -2.43. The van der Waals surface area contributed by atoms with Gasteiger partial charge >= 0.3 is 0 Å². The second-order valence-electron chi connectivity index (χ2n) is 7.06. The molecule has 0 aromatic heterocycles. The fraction of sp³-hybridized carbons (Fsp3) is 1.00. The summed E-state index contributed by atoms with van der Waals surface area (Å²) in [6.45, 7) is 10.1. The van der Waals surface area contributed by atoms with Gasteiger partial charge < -0.3 is 0 Å². The number of hydrogen-bond acceptors (Lipinski definition) is 0. The van der Waals surface area contributed by atoms with Gasteiger partial charge in [0.1, 0.15) is 0 Å². The Labute approximate surface area is 102 Å². The van der Waals surface area contributed by atoms with Gasteiger partial charge in [-0.2, -0.15) is 0 Å². The Morgan fingerprint density at radius 2 is 1.25 bits per heavy atom. The molecule has 2 aliphatic rings. The van der Waals surface area contributed by atoms with Crippen LogP contribution in [0.3, 0.4) is 0 Å². The molecule has 0 aliphatic heterocycles. The van der Waals surface area contributed by atoms with Gasteiger partial charge in [-0.3, -0.25) is 0 Å². The van der Waals surface area contributed by atoms with Gasteiger partial charge in [0.25, 0.3) is 0 Å². The van der Waals surface area contributed by atoms with E-state index in [-0.39, 0.29) is 0 Å². The molecule has 0 aromatic rings. The van der Waals surface area contributed by atoms with Crippen molar-refractivity contribution in [1.29, 1.82) is 0 Å². The first-order chi connectivity index (χ1) is 7.55. The Kier molecular flexibility index (Phi) is 3.66. The zero-order valence-electron chi connectivity index (χ0n) is 11.8. The van der Waals surface area contributed by atoms with E-state index in [9.17, 15) is 0 Å². The molecule has 0 heterocycles. The summed E-state index contributed by atoms with van der Waals surface area (Å²) in [5.74, 6) is 3.92. The summed E-state index contributed by atoms with van der Waals surface area (Å²) in [5.41, 5.74) is 0.651. The van der Waals surface area contributed by atoms with Crippen LogP contribution in [0.4, 0.5) is 0 Å². The molecule has 0 bridgehead atoms. The highest BCUT2D eigenvalue weighted by molar-refractivity contribution is 4.95. The molecular formula is C16H30. The molecule has 2 atom stereocenters. The topological polar surface area (TPSA) is 0 Å². The minimum absolute atomic E-state index is 0.651. The quantitative estimate of drug-likeness (QED) is 0.566. The summed E-state index contributed by atoms with van der Waals surface area (Å²) in [6, 6.07) is 0. The Morgan fingerprint density at radius 3 is 1.75 bits per heavy atom. The maximum atomic E-state index is 2.61. The van der Waals surface area contributed by atoms with Crippen LogP contribution in [0.1, 0.15) is 72.6 Å². The van der Waals surface area contributed by atoms with Crippen molar-refractivity contribution in [2.24, 2.45) is 29.1 Å². The molecule has 2 fully saturated rings. The van der Waals surface area contributed by atoms with E-state index >= 15 is 0 Å². The molecule has 0 radical (unpaired) electrons. The third kappa shape index (κ3) is 2.05. The van der Waals surface area contributed by atoms with E-state index < -0.39 is 0 Å². The van der Waals surface area contributed by atoms with Gasteiger partial charge in [-0.1, -0.05) is 59.8 Å². The van der Waals surface area contributed by atoms with Crippen molar-refractivity contribution in [2.75, 3.05) is 0 Å². The van der Waals surface area contributed by atoms with E-state index in [1.165, 1.54) is 44.9 Å². The molecule has 16 heavy (non-hydrogen) atoms. The molecule has 0 heteroatoms. The molecule has 0 amide bonds. The third-order valence-corrected chi connectivity index (χ3v) is 6.29. The highest BCUT2D eigenvalue weighted by atomic mass is 14.5. The predicted molar refractivity (Wildman–Crippen MR) is 71.4 cm³/mol. The summed E-state index contributed by atoms with van der Waals surface area (Å²) < 4.78 is 0. The van der Waals surface area contributed by atoms with Gasteiger partial charge in [0, 0.05) is 0 Å². The van der Waals surface area contributed by atoms with E-state index in [0.717, 1.165) is 23.7 Å². The van der Waals surface area contributed by atoms with Crippen LogP contribution >= 0.6 is 0 Å². The molecule has 0 nitrogen and oxygen atoms in total. The van der Waals surface area contributed by atoms with E-state index in [2.05, 4.69) is 27.7 Å². The van der Waals surface area contributed by atoms with Gasteiger partial charge in [0.15, 0.2) is 0 Å². The molecule has 0 N–H and O–H groups in total. The molecule has 0 aromatic carbocycles. The van der Waals surface area contributed by atoms with Crippen molar-refractivity contribution in [1.82, 2.24) is 0 Å². The molecule has 2 rings (SSSR count). The van der Waals surface area contributed by atoms with E-state index in [1.807, 2.05) is 0 Å². The summed E-state index contributed by atoms with van der Waals surface area (Å²) in [4.78, 5) is 0. The second-order valence-corrected chi connectivity index (χ2v) is 7.06. The lowest BCUT2D eigenvalue weighted by Gasteiger charge is -2.52. The first kappa shape index (κ1) is 12.5. The van der Waals surface area contributed by atoms with Crippen molar-refractivity contribution in [3.05, 3.63) is 0 Å². The summed E-state index contributed by atoms with van der Waals surface area (Å²) in [5, 5.41) is 0. The first-order valence-electron chi connectivity index (χ1n) is 7.55. The lowest BCUT2D eigenvalue weighted by atomic mass is 9.53. The zero-order valence-corrected chi connectivity index (χ0v) is 11.8. The zero-order chi connectivity index (χ0) is 11.8. The van der Waals surface area contributed by atoms with Crippen LogP contribution in [0.15, 0.2) is 0 Å². The standard InChI is InChI=1S/C16H30/c1-12-8-10-15(11-9-12)16(4)13(2)6-5-7-14(16)3/h12-15H,5-11H2,1-4H3. The van der Waals surface area contributed by atoms with Gasteiger partial charge in [0.05, 0.1) is 0 Å². The molecule has 0 saturated heterocycles. The maximum Gasteiger partial charge on any atom is -0.0246 e. The van der Waals surface area contributed by atoms with Crippen LogP contribution in [0.5, 0.6) is 0 Å². The minimum Gasteiger partial charge on any atom is -0.0625 e. The third-order valence-electron chi connectivity index (χ3n) is 6.29. The Balaban J connectivity index is 2.09. The maximum absolute atomic E-state index is 2.61. The average Bonchev–Trinajstić information content (AvgIpc) is 2.27. The molecular weight excluding hydrogens is 192 g/mol. The van der Waals surface area contributed by atoms with Crippen LogP contribution in [-0.2, 0) is 0 Å². The highest BCUT2D eigenvalue weighted by Crippen LogP contribution is 2.54. The van der Waals surface area contributed by atoms with Gasteiger partial charge in [0.2, 0.25) is 0 Å². The molecule has 2 saturated carbocycles.